The molecule has 0 aromatic heterocycles. The van der Waals surface area contributed by atoms with Crippen molar-refractivity contribution in [2.24, 2.45) is 0 Å². The number of benzene rings is 2. The first-order chi connectivity index (χ1) is 12.2. The molecule has 0 bridgehead atoms. The molecular weight excluding hydrogens is 358 g/mol. The number of hydrogen-bond donors (Lipinski definition) is 1. The predicted molar refractivity (Wildman–Crippen MR) is 94.8 cm³/mol. The van der Waals surface area contributed by atoms with Crippen molar-refractivity contribution in [3.63, 3.8) is 0 Å². The zero-order chi connectivity index (χ0) is 18.9. The second-order valence-electron chi connectivity index (χ2n) is 6.06. The molecule has 0 saturated carbocycles. The average Bonchev–Trinajstić information content (AvgIpc) is 2.56. The Labute approximate surface area is 150 Å². The van der Waals surface area contributed by atoms with E-state index in [-0.39, 0.29) is 23.8 Å². The molecule has 1 N–H and O–H groups in total. The van der Waals surface area contributed by atoms with Gasteiger partial charge in [0, 0.05) is 12.5 Å². The van der Waals surface area contributed by atoms with E-state index in [1.54, 1.807) is 35.2 Å². The molecule has 136 valence electrons. The highest BCUT2D eigenvalue weighted by Crippen LogP contribution is 2.33. The number of amides is 1. The second-order valence-corrected chi connectivity index (χ2v) is 7.63. The summed E-state index contributed by atoms with van der Waals surface area (Å²) in [4.78, 5) is 24.9. The molecule has 0 spiro atoms. The van der Waals surface area contributed by atoms with Crippen molar-refractivity contribution in [1.29, 1.82) is 0 Å². The van der Waals surface area contributed by atoms with Crippen molar-refractivity contribution >= 4 is 27.7 Å². The van der Waals surface area contributed by atoms with Crippen molar-refractivity contribution in [3.8, 4) is 5.75 Å². The maximum absolute atomic E-state index is 12.4. The molecule has 0 atom stereocenters. The maximum atomic E-state index is 12.4. The van der Waals surface area contributed by atoms with Crippen LogP contribution in [0.2, 0.25) is 0 Å². The Morgan fingerprint density at radius 2 is 1.85 bits per heavy atom. The molecule has 7 nitrogen and oxygen atoms in total. The van der Waals surface area contributed by atoms with E-state index < -0.39 is 16.1 Å². The first-order valence-corrected chi connectivity index (χ1v) is 9.69. The molecule has 1 heterocycles. The molecule has 0 saturated heterocycles. The van der Waals surface area contributed by atoms with Gasteiger partial charge in [0.2, 0.25) is 5.91 Å². The lowest BCUT2D eigenvalue weighted by Crippen LogP contribution is -2.34. The van der Waals surface area contributed by atoms with Crippen LogP contribution < -0.4 is 9.08 Å². The number of carbonyl (C=O) groups excluding carboxylic acids is 1. The largest absolute Gasteiger partial charge is 0.478 e. The van der Waals surface area contributed by atoms with Crippen molar-refractivity contribution in [2.75, 3.05) is 11.2 Å². The molecule has 0 aliphatic carbocycles. The van der Waals surface area contributed by atoms with Gasteiger partial charge in [0.15, 0.2) is 0 Å². The third-order valence-corrected chi connectivity index (χ3v) is 4.54. The van der Waals surface area contributed by atoms with Crippen LogP contribution in [0.4, 0.5) is 5.69 Å². The fourth-order valence-corrected chi connectivity index (χ4v) is 3.31. The Kier molecular flexibility index (Phi) is 4.69. The third kappa shape index (κ3) is 4.02. The molecular formula is C18H17NO6S. The highest BCUT2D eigenvalue weighted by Gasteiger charge is 2.25. The summed E-state index contributed by atoms with van der Waals surface area (Å²) < 4.78 is 27.6. The lowest BCUT2D eigenvalue weighted by atomic mass is 10.00. The Hall–Kier alpha value is -2.87. The van der Waals surface area contributed by atoms with Crippen LogP contribution >= 0.6 is 0 Å². The van der Waals surface area contributed by atoms with E-state index in [2.05, 4.69) is 0 Å². The molecule has 0 fully saturated rings. The smallest absolute Gasteiger partial charge is 0.335 e. The van der Waals surface area contributed by atoms with E-state index in [9.17, 15) is 18.0 Å². The van der Waals surface area contributed by atoms with Crippen LogP contribution in [-0.2, 0) is 27.9 Å². The minimum atomic E-state index is -3.67. The molecule has 1 aliphatic rings. The Balaban J connectivity index is 1.91. The van der Waals surface area contributed by atoms with E-state index in [0.717, 1.165) is 17.4 Å². The SMILES string of the molecule is CS(=O)(=O)Oc1ccc2c(c1)N(Cc1ccc(C(=O)O)cc1)C(=O)CC2. The Morgan fingerprint density at radius 1 is 1.15 bits per heavy atom. The second kappa shape index (κ2) is 6.80. The molecule has 0 radical (unpaired) electrons. The summed E-state index contributed by atoms with van der Waals surface area (Å²) >= 11 is 0. The molecule has 8 heteroatoms. The Morgan fingerprint density at radius 3 is 2.46 bits per heavy atom. The number of rotatable bonds is 5. The summed E-state index contributed by atoms with van der Waals surface area (Å²) in [6.07, 6.45) is 1.88. The summed E-state index contributed by atoms with van der Waals surface area (Å²) in [5.41, 5.74) is 2.46. The number of carboxylic acids is 1. The molecule has 0 unspecified atom stereocenters. The highest BCUT2D eigenvalue weighted by molar-refractivity contribution is 7.86. The van der Waals surface area contributed by atoms with Gasteiger partial charge in [-0.1, -0.05) is 18.2 Å². The summed E-state index contributed by atoms with van der Waals surface area (Å²) in [5.74, 6) is -0.956. The van der Waals surface area contributed by atoms with Gasteiger partial charge in [-0.2, -0.15) is 8.42 Å². The normalized spacial score (nSPS) is 14.0. The average molecular weight is 375 g/mol. The van der Waals surface area contributed by atoms with Gasteiger partial charge < -0.3 is 14.2 Å². The standard InChI is InChI=1S/C18H17NO6S/c1-26(23,24)25-15-8-6-13-7-9-17(20)19(16(13)10-15)11-12-2-4-14(5-3-12)18(21)22/h2-6,8,10H,7,9,11H2,1H3,(H,21,22). The molecule has 3 rings (SSSR count). The van der Waals surface area contributed by atoms with Gasteiger partial charge in [-0.3, -0.25) is 4.79 Å². The van der Waals surface area contributed by atoms with Crippen LogP contribution in [0, 0.1) is 0 Å². The van der Waals surface area contributed by atoms with Crippen molar-refractivity contribution in [3.05, 3.63) is 59.2 Å². The third-order valence-electron chi connectivity index (χ3n) is 4.05. The summed E-state index contributed by atoms with van der Waals surface area (Å²) in [6.45, 7) is 0.258. The Bertz CT molecular complexity index is 966. The quantitative estimate of drug-likeness (QED) is 0.804. The zero-order valence-electron chi connectivity index (χ0n) is 14.0. The van der Waals surface area contributed by atoms with E-state index in [0.29, 0.717) is 18.5 Å². The predicted octanol–water partition coefficient (Wildman–Crippen LogP) is 2.20. The number of aromatic carboxylic acids is 1. The summed E-state index contributed by atoms with van der Waals surface area (Å²) in [7, 11) is -3.67. The van der Waals surface area contributed by atoms with Crippen molar-refractivity contribution in [2.45, 2.75) is 19.4 Å². The van der Waals surface area contributed by atoms with Gasteiger partial charge >= 0.3 is 16.1 Å². The number of carbonyl (C=O) groups is 2. The van der Waals surface area contributed by atoms with E-state index in [4.69, 9.17) is 9.29 Å². The van der Waals surface area contributed by atoms with E-state index in [1.165, 1.54) is 12.1 Å². The van der Waals surface area contributed by atoms with Crippen LogP contribution in [0.5, 0.6) is 5.75 Å². The lowest BCUT2D eigenvalue weighted by molar-refractivity contribution is -0.119. The number of aryl methyl sites for hydroxylation is 1. The van der Waals surface area contributed by atoms with Crippen LogP contribution in [0.1, 0.15) is 27.9 Å². The molecule has 2 aromatic rings. The maximum Gasteiger partial charge on any atom is 0.335 e. The van der Waals surface area contributed by atoms with Gasteiger partial charge in [0.1, 0.15) is 5.75 Å². The lowest BCUT2D eigenvalue weighted by Gasteiger charge is -2.30. The van der Waals surface area contributed by atoms with Crippen LogP contribution in [0.15, 0.2) is 42.5 Å². The van der Waals surface area contributed by atoms with Gasteiger partial charge in [-0.25, -0.2) is 4.79 Å². The number of fused-ring (bicyclic) bond motifs is 1. The fraction of sp³-hybridized carbons (Fsp3) is 0.222. The topological polar surface area (TPSA) is 101 Å². The minimum Gasteiger partial charge on any atom is -0.478 e. The first-order valence-electron chi connectivity index (χ1n) is 7.88. The van der Waals surface area contributed by atoms with Crippen LogP contribution in [-0.4, -0.2) is 31.7 Å². The van der Waals surface area contributed by atoms with Crippen LogP contribution in [0.25, 0.3) is 0 Å². The van der Waals surface area contributed by atoms with Gasteiger partial charge in [-0.15, -0.1) is 0 Å². The highest BCUT2D eigenvalue weighted by atomic mass is 32.2. The summed E-state index contributed by atoms with van der Waals surface area (Å²) in [5, 5.41) is 8.97. The minimum absolute atomic E-state index is 0.0867. The first kappa shape index (κ1) is 17.9. The molecule has 1 aliphatic heterocycles. The van der Waals surface area contributed by atoms with Gasteiger partial charge in [-0.05, 0) is 35.7 Å². The summed E-state index contributed by atoms with van der Waals surface area (Å²) in [6, 6.07) is 11.1. The van der Waals surface area contributed by atoms with Crippen molar-refractivity contribution < 1.29 is 27.3 Å². The van der Waals surface area contributed by atoms with Crippen molar-refractivity contribution in [1.82, 2.24) is 0 Å². The molecule has 1 amide bonds. The fourth-order valence-electron chi connectivity index (χ4n) is 2.85. The zero-order valence-corrected chi connectivity index (χ0v) is 14.8. The number of hydrogen-bond acceptors (Lipinski definition) is 5. The number of anilines is 1. The van der Waals surface area contributed by atoms with E-state index >= 15 is 0 Å². The monoisotopic (exact) mass is 375 g/mol. The molecule has 26 heavy (non-hydrogen) atoms. The molecule has 2 aromatic carbocycles. The van der Waals surface area contributed by atoms with Gasteiger partial charge in [0.05, 0.1) is 24.1 Å². The number of nitrogens with zero attached hydrogens (tertiary/aromatic N) is 1. The number of carboxylic acid groups (broad SMARTS) is 1. The van der Waals surface area contributed by atoms with E-state index in [1.807, 2.05) is 0 Å². The van der Waals surface area contributed by atoms with Gasteiger partial charge in [0.25, 0.3) is 0 Å². The van der Waals surface area contributed by atoms with Crippen LogP contribution in [0.3, 0.4) is 0 Å².